The number of ether oxygens (including phenoxy) is 1. The molecule has 1 unspecified atom stereocenters. The molecule has 0 N–H and O–H groups in total. The highest BCUT2D eigenvalue weighted by Crippen LogP contribution is 2.41. The van der Waals surface area contributed by atoms with Gasteiger partial charge in [-0.15, -0.1) is 0 Å². The summed E-state index contributed by atoms with van der Waals surface area (Å²) in [6.07, 6.45) is 0.915. The van der Waals surface area contributed by atoms with Gasteiger partial charge in [0.1, 0.15) is 5.75 Å². The van der Waals surface area contributed by atoms with E-state index in [0.717, 1.165) is 12.0 Å². The number of rotatable bonds is 7. The highest BCUT2D eigenvalue weighted by molar-refractivity contribution is 7.86. The van der Waals surface area contributed by atoms with Crippen molar-refractivity contribution in [3.05, 3.63) is 53.1 Å². The molecule has 172 valence electrons. The normalized spacial score (nSPS) is 13.5. The Morgan fingerprint density at radius 1 is 0.903 bits per heavy atom. The molecule has 0 aromatic heterocycles. The predicted octanol–water partition coefficient (Wildman–Crippen LogP) is 6.55. The summed E-state index contributed by atoms with van der Waals surface area (Å²) in [4.78, 5) is -1.85. The van der Waals surface area contributed by atoms with Crippen molar-refractivity contribution < 1.29 is 34.9 Å². The summed E-state index contributed by atoms with van der Waals surface area (Å²) < 4.78 is 89.3. The Morgan fingerprint density at radius 3 is 1.77 bits per heavy atom. The van der Waals surface area contributed by atoms with Crippen molar-refractivity contribution in [2.24, 2.45) is 11.3 Å². The molecule has 4 nitrogen and oxygen atoms in total. The van der Waals surface area contributed by atoms with Gasteiger partial charge in [0.05, 0.1) is 7.11 Å². The maximum atomic E-state index is 14.3. The van der Waals surface area contributed by atoms with Crippen molar-refractivity contribution in [1.82, 2.24) is 0 Å². The van der Waals surface area contributed by atoms with Crippen LogP contribution in [0.15, 0.2) is 29.2 Å². The Labute approximate surface area is 180 Å². The average Bonchev–Trinajstić information content (AvgIpc) is 2.67. The topological polar surface area (TPSA) is 52.6 Å². The van der Waals surface area contributed by atoms with E-state index < -0.39 is 44.0 Å². The van der Waals surface area contributed by atoms with E-state index in [9.17, 15) is 26.0 Å². The maximum absolute atomic E-state index is 14.3. The predicted molar refractivity (Wildman–Crippen MR) is 109 cm³/mol. The van der Waals surface area contributed by atoms with Crippen LogP contribution in [0.25, 0.3) is 0 Å². The number of benzene rings is 2. The molecule has 0 spiro atoms. The van der Waals surface area contributed by atoms with Gasteiger partial charge in [0, 0.05) is 0 Å². The van der Waals surface area contributed by atoms with Crippen LogP contribution in [0.2, 0.25) is 0 Å². The zero-order chi connectivity index (χ0) is 23.7. The summed E-state index contributed by atoms with van der Waals surface area (Å²) in [5.41, 5.74) is 0.938. The Balaban J connectivity index is 2.44. The van der Waals surface area contributed by atoms with Gasteiger partial charge in [-0.3, -0.25) is 4.18 Å². The molecule has 9 heteroatoms. The van der Waals surface area contributed by atoms with Crippen LogP contribution in [0, 0.1) is 34.6 Å². The molecule has 31 heavy (non-hydrogen) atoms. The van der Waals surface area contributed by atoms with E-state index in [-0.39, 0.29) is 17.1 Å². The van der Waals surface area contributed by atoms with E-state index in [1.807, 2.05) is 0 Å². The first-order valence-electron chi connectivity index (χ1n) is 9.65. The molecule has 0 aliphatic carbocycles. The third-order valence-electron chi connectivity index (χ3n) is 4.91. The largest absolute Gasteiger partial charge is 0.451 e. The zero-order valence-corrected chi connectivity index (χ0v) is 19.0. The molecular weight excluding hydrogens is 436 g/mol. The molecule has 0 bridgehead atoms. The van der Waals surface area contributed by atoms with E-state index in [1.54, 1.807) is 12.1 Å². The average molecular weight is 463 g/mol. The second kappa shape index (κ2) is 9.16. The quantitative estimate of drug-likeness (QED) is 0.266. The van der Waals surface area contributed by atoms with Crippen LogP contribution in [0.5, 0.6) is 11.5 Å². The lowest BCUT2D eigenvalue weighted by molar-refractivity contribution is 0.279. The summed E-state index contributed by atoms with van der Waals surface area (Å²) in [7, 11) is -4.41. The van der Waals surface area contributed by atoms with E-state index in [0.29, 0.717) is 13.0 Å². The molecule has 0 fully saturated rings. The fraction of sp³-hybridized carbons (Fsp3) is 0.455. The Bertz CT molecular complexity index is 1010. The van der Waals surface area contributed by atoms with E-state index in [2.05, 4.69) is 38.8 Å². The Hall–Kier alpha value is -2.13. The second-order valence-corrected chi connectivity index (χ2v) is 10.4. The van der Waals surface area contributed by atoms with E-state index in [4.69, 9.17) is 4.74 Å². The van der Waals surface area contributed by atoms with E-state index in [1.165, 1.54) is 12.1 Å². The van der Waals surface area contributed by atoms with Gasteiger partial charge in [0.2, 0.25) is 17.4 Å². The van der Waals surface area contributed by atoms with Gasteiger partial charge in [-0.2, -0.15) is 17.2 Å². The van der Waals surface area contributed by atoms with Gasteiger partial charge < -0.3 is 4.74 Å². The van der Waals surface area contributed by atoms with Gasteiger partial charge in [-0.05, 0) is 41.4 Å². The van der Waals surface area contributed by atoms with Crippen molar-refractivity contribution in [2.75, 3.05) is 7.11 Å². The molecule has 0 aliphatic rings. The molecule has 0 radical (unpaired) electrons. The maximum Gasteiger partial charge on any atom is 0.302 e. The second-order valence-electron chi connectivity index (χ2n) is 8.75. The summed E-state index contributed by atoms with van der Waals surface area (Å²) >= 11 is 0. The molecule has 0 heterocycles. The third-order valence-corrected chi connectivity index (χ3v) is 6.20. The molecule has 2 aromatic rings. The minimum atomic E-state index is -5.02. The number of hydrogen-bond acceptors (Lipinski definition) is 4. The molecule has 0 aliphatic heterocycles. The van der Waals surface area contributed by atoms with Crippen LogP contribution in [-0.2, 0) is 14.3 Å². The summed E-state index contributed by atoms with van der Waals surface area (Å²) in [6.45, 7) is 10.5. The Kier molecular flexibility index (Phi) is 7.43. The molecule has 0 amide bonds. The lowest BCUT2D eigenvalue weighted by Gasteiger charge is -2.32. The van der Waals surface area contributed by atoms with Gasteiger partial charge in [-0.1, -0.05) is 46.8 Å². The van der Waals surface area contributed by atoms with Gasteiger partial charge in [0.25, 0.3) is 0 Å². The molecule has 2 aromatic carbocycles. The van der Waals surface area contributed by atoms with Crippen LogP contribution < -0.4 is 4.74 Å². The number of hydrogen-bond donors (Lipinski definition) is 0. The zero-order valence-electron chi connectivity index (χ0n) is 18.2. The van der Waals surface area contributed by atoms with Gasteiger partial charge >= 0.3 is 10.1 Å². The summed E-state index contributed by atoms with van der Waals surface area (Å²) in [5, 5.41) is 0. The molecule has 2 rings (SSSR count). The lowest BCUT2D eigenvalue weighted by Crippen LogP contribution is -2.20. The van der Waals surface area contributed by atoms with Crippen LogP contribution in [0.1, 0.15) is 52.5 Å². The third kappa shape index (κ3) is 5.38. The fourth-order valence-corrected chi connectivity index (χ4v) is 4.12. The van der Waals surface area contributed by atoms with Crippen molar-refractivity contribution in [3.63, 3.8) is 0 Å². The highest BCUT2D eigenvalue weighted by Gasteiger charge is 2.34. The fourth-order valence-electron chi connectivity index (χ4n) is 3.33. The first-order chi connectivity index (χ1) is 14.2. The van der Waals surface area contributed by atoms with Crippen molar-refractivity contribution >= 4 is 10.1 Å². The first kappa shape index (κ1) is 25.1. The summed E-state index contributed by atoms with van der Waals surface area (Å²) in [6, 6.07) is 6.31. The minimum absolute atomic E-state index is 0.0419. The standard InChI is InChI=1S/C22H26F4O4S/c1-12(2)11-15(22(3,4)5)13-7-9-14(10-8-13)30-20-16(23)18(25)21(19(26)17(20)24)31(27,28)29-6/h7-10,12,15H,11H2,1-6H3. The Morgan fingerprint density at radius 2 is 1.39 bits per heavy atom. The molecular formula is C22H26F4O4S. The summed E-state index contributed by atoms with van der Waals surface area (Å²) in [5.74, 6) is -9.03. The van der Waals surface area contributed by atoms with Crippen LogP contribution in [-0.4, -0.2) is 15.5 Å². The molecule has 0 saturated carbocycles. The van der Waals surface area contributed by atoms with Crippen LogP contribution >= 0.6 is 0 Å². The minimum Gasteiger partial charge on any atom is -0.451 e. The lowest BCUT2D eigenvalue weighted by atomic mass is 9.72. The van der Waals surface area contributed by atoms with E-state index >= 15 is 0 Å². The smallest absolute Gasteiger partial charge is 0.302 e. The van der Waals surface area contributed by atoms with Crippen molar-refractivity contribution in [1.29, 1.82) is 0 Å². The highest BCUT2D eigenvalue weighted by atomic mass is 32.2. The van der Waals surface area contributed by atoms with Gasteiger partial charge in [-0.25, -0.2) is 8.78 Å². The van der Waals surface area contributed by atoms with Gasteiger partial charge in [0.15, 0.2) is 16.5 Å². The van der Waals surface area contributed by atoms with Crippen molar-refractivity contribution in [3.8, 4) is 11.5 Å². The first-order valence-corrected chi connectivity index (χ1v) is 11.1. The van der Waals surface area contributed by atoms with Crippen LogP contribution in [0.4, 0.5) is 17.6 Å². The van der Waals surface area contributed by atoms with Crippen LogP contribution in [0.3, 0.4) is 0 Å². The van der Waals surface area contributed by atoms with Crippen molar-refractivity contribution in [2.45, 2.75) is 51.9 Å². The molecule has 0 saturated heterocycles. The SMILES string of the molecule is COS(=O)(=O)c1c(F)c(F)c(Oc2ccc(C(CC(C)C)C(C)(C)C)cc2)c(F)c1F. The molecule has 1 atom stereocenters. The monoisotopic (exact) mass is 462 g/mol. The number of halogens is 4.